The van der Waals surface area contributed by atoms with E-state index in [1.54, 1.807) is 12.1 Å². The zero-order chi connectivity index (χ0) is 26.2. The van der Waals surface area contributed by atoms with Gasteiger partial charge in [-0.15, -0.1) is 0 Å². The summed E-state index contributed by atoms with van der Waals surface area (Å²) < 4.78 is 14.0. The Bertz CT molecular complexity index is 1780. The molecule has 2 heterocycles. The molecule has 4 aromatic carbocycles. The third-order valence-corrected chi connectivity index (χ3v) is 8.67. The number of rotatable bonds is 6. The molecule has 2 aromatic heterocycles. The molecule has 0 amide bonds. The molecule has 188 valence electrons. The Labute approximate surface area is 230 Å². The highest BCUT2D eigenvalue weighted by atomic mass is 31.0. The first kappa shape index (κ1) is 23.9. The molecule has 0 radical (unpaired) electrons. The van der Waals surface area contributed by atoms with Crippen molar-refractivity contribution in [1.29, 1.82) is 0 Å². The third-order valence-electron chi connectivity index (χ3n) is 7.64. The fourth-order valence-corrected chi connectivity index (χ4v) is 6.77. The number of hydrogen-bond donors (Lipinski definition) is 0. The van der Waals surface area contributed by atoms with Crippen LogP contribution in [0.1, 0.15) is 35.6 Å². The van der Waals surface area contributed by atoms with Crippen molar-refractivity contribution >= 4 is 19.1 Å². The van der Waals surface area contributed by atoms with Crippen LogP contribution in [0.25, 0.3) is 44.0 Å². The van der Waals surface area contributed by atoms with Crippen molar-refractivity contribution in [2.75, 3.05) is 0 Å². The summed E-state index contributed by atoms with van der Waals surface area (Å²) in [5.41, 5.74) is 10.8. The van der Waals surface area contributed by atoms with Gasteiger partial charge in [0.05, 0.1) is 5.52 Å². The van der Waals surface area contributed by atoms with Crippen LogP contribution < -0.4 is 0 Å². The lowest BCUT2D eigenvalue weighted by atomic mass is 9.87. The molecule has 0 saturated heterocycles. The molecule has 0 bridgehead atoms. The minimum absolute atomic E-state index is 0.216. The van der Waals surface area contributed by atoms with Gasteiger partial charge in [-0.2, -0.15) is 0 Å². The molecule has 0 N–H and O–H groups in total. The summed E-state index contributed by atoms with van der Waals surface area (Å²) in [5, 5.41) is 2.44. The van der Waals surface area contributed by atoms with Crippen LogP contribution >= 0.6 is 8.19 Å². The Morgan fingerprint density at radius 1 is 0.667 bits per heavy atom. The van der Waals surface area contributed by atoms with Gasteiger partial charge in [0.25, 0.3) is 0 Å². The van der Waals surface area contributed by atoms with Gasteiger partial charge in [0, 0.05) is 28.7 Å². The van der Waals surface area contributed by atoms with Gasteiger partial charge < -0.3 is 0 Å². The van der Waals surface area contributed by atoms with Crippen LogP contribution in [0.5, 0.6) is 0 Å². The first-order valence-corrected chi connectivity index (χ1v) is 14.5. The van der Waals surface area contributed by atoms with Crippen molar-refractivity contribution in [2.45, 2.75) is 25.2 Å². The van der Waals surface area contributed by atoms with Crippen LogP contribution in [0, 0.1) is 5.82 Å². The first-order valence-electron chi connectivity index (χ1n) is 13.5. The monoisotopic (exact) mass is 523 g/mol. The van der Waals surface area contributed by atoms with E-state index in [1.807, 2.05) is 12.1 Å². The summed E-state index contributed by atoms with van der Waals surface area (Å²) in [7, 11) is 1.19. The SMILES string of the molecule is Fc1ccc(-c2c(Cc3ccpc(-c4ccccc4)c3-c3ccccc3)c(C3CC3)nc3ccccc23)cc1. The molecule has 1 saturated carbocycles. The molecule has 6 aromatic rings. The maximum absolute atomic E-state index is 14.0. The maximum atomic E-state index is 14.0. The second-order valence-corrected chi connectivity index (χ2v) is 11.3. The molecule has 0 aliphatic heterocycles. The molecular weight excluding hydrogens is 496 g/mol. The highest BCUT2D eigenvalue weighted by Crippen LogP contribution is 2.47. The summed E-state index contributed by atoms with van der Waals surface area (Å²) in [5.74, 6) is 2.53. The summed E-state index contributed by atoms with van der Waals surface area (Å²) in [6, 6.07) is 39.1. The van der Waals surface area contributed by atoms with E-state index in [-0.39, 0.29) is 5.82 Å². The van der Waals surface area contributed by atoms with Crippen molar-refractivity contribution in [1.82, 2.24) is 4.98 Å². The number of fused-ring (bicyclic) bond motifs is 1. The molecular formula is C36H27FNP. The minimum atomic E-state index is -0.216. The van der Waals surface area contributed by atoms with Crippen LogP contribution in [0.4, 0.5) is 4.39 Å². The molecule has 1 aliphatic rings. The molecule has 1 nitrogen and oxygen atoms in total. The Balaban J connectivity index is 1.50. The van der Waals surface area contributed by atoms with E-state index in [0.717, 1.165) is 22.9 Å². The molecule has 1 aliphatic carbocycles. The van der Waals surface area contributed by atoms with E-state index < -0.39 is 0 Å². The zero-order valence-electron chi connectivity index (χ0n) is 21.5. The van der Waals surface area contributed by atoms with Gasteiger partial charge >= 0.3 is 0 Å². The molecule has 3 heteroatoms. The number of para-hydroxylation sites is 1. The van der Waals surface area contributed by atoms with Crippen LogP contribution in [0.15, 0.2) is 121 Å². The van der Waals surface area contributed by atoms with Crippen molar-refractivity contribution in [3.05, 3.63) is 144 Å². The van der Waals surface area contributed by atoms with E-state index in [4.69, 9.17) is 4.98 Å². The smallest absolute Gasteiger partial charge is 0.123 e. The van der Waals surface area contributed by atoms with E-state index in [1.165, 1.54) is 65.4 Å². The van der Waals surface area contributed by atoms with Crippen LogP contribution in [-0.4, -0.2) is 4.98 Å². The minimum Gasteiger partial charge on any atom is -0.252 e. The van der Waals surface area contributed by atoms with E-state index in [9.17, 15) is 4.39 Å². The highest BCUT2D eigenvalue weighted by Gasteiger charge is 2.31. The van der Waals surface area contributed by atoms with Gasteiger partial charge in [0.1, 0.15) is 5.82 Å². The van der Waals surface area contributed by atoms with E-state index in [2.05, 4.69) is 96.8 Å². The van der Waals surface area contributed by atoms with Crippen LogP contribution in [0.2, 0.25) is 0 Å². The highest BCUT2D eigenvalue weighted by molar-refractivity contribution is 7.33. The standard InChI is InChI=1S/C36H27FNP/c37-29-19-17-25(18-20-29)34-30-13-7-8-14-32(30)38-35(26-15-16-26)31(34)23-28-21-22-39-36(27-11-5-2-6-12-27)33(28)24-9-3-1-4-10-24/h1-14,17-22,26H,15-16,23H2. The Hall–Kier alpha value is -4.13. The predicted molar refractivity (Wildman–Crippen MR) is 162 cm³/mol. The number of nitrogens with zero attached hydrogens (tertiary/aromatic N) is 1. The van der Waals surface area contributed by atoms with Crippen LogP contribution in [-0.2, 0) is 6.42 Å². The van der Waals surface area contributed by atoms with Crippen LogP contribution in [0.3, 0.4) is 0 Å². The zero-order valence-corrected chi connectivity index (χ0v) is 22.4. The second kappa shape index (κ2) is 10.2. The summed E-state index contributed by atoms with van der Waals surface area (Å²) in [4.78, 5) is 5.25. The number of aromatic nitrogens is 1. The fourth-order valence-electron chi connectivity index (χ4n) is 5.67. The van der Waals surface area contributed by atoms with Gasteiger partial charge in [-0.1, -0.05) is 105 Å². The van der Waals surface area contributed by atoms with Crippen molar-refractivity contribution in [3.63, 3.8) is 0 Å². The number of benzene rings is 4. The van der Waals surface area contributed by atoms with Crippen molar-refractivity contribution in [3.8, 4) is 33.1 Å². The van der Waals surface area contributed by atoms with Crippen molar-refractivity contribution in [2.24, 2.45) is 0 Å². The Kier molecular flexibility index (Phi) is 6.27. The quantitative estimate of drug-likeness (QED) is 0.212. The second-order valence-electron chi connectivity index (χ2n) is 10.3. The van der Waals surface area contributed by atoms with Crippen molar-refractivity contribution < 1.29 is 4.39 Å². The number of halogens is 1. The summed E-state index contributed by atoms with van der Waals surface area (Å²) in [6.45, 7) is 0. The van der Waals surface area contributed by atoms with Gasteiger partial charge in [0.2, 0.25) is 0 Å². The normalized spacial score (nSPS) is 13.3. The topological polar surface area (TPSA) is 12.9 Å². The summed E-state index contributed by atoms with van der Waals surface area (Å²) in [6.07, 6.45) is 3.10. The lowest BCUT2D eigenvalue weighted by molar-refractivity contribution is 0.628. The third kappa shape index (κ3) is 4.67. The fraction of sp³-hybridized carbons (Fsp3) is 0.111. The average molecular weight is 524 g/mol. The molecule has 0 spiro atoms. The lowest BCUT2D eigenvalue weighted by Gasteiger charge is -2.21. The molecule has 7 rings (SSSR count). The number of pyridine rings is 1. The largest absolute Gasteiger partial charge is 0.252 e. The van der Waals surface area contributed by atoms with Gasteiger partial charge in [-0.3, -0.25) is 4.98 Å². The first-order chi connectivity index (χ1) is 19.3. The van der Waals surface area contributed by atoms with Gasteiger partial charge in [-0.25, -0.2) is 4.39 Å². The van der Waals surface area contributed by atoms with E-state index >= 15 is 0 Å². The Morgan fingerprint density at radius 3 is 2.03 bits per heavy atom. The molecule has 1 fully saturated rings. The maximum Gasteiger partial charge on any atom is 0.123 e. The van der Waals surface area contributed by atoms with Gasteiger partial charge in [-0.05, 0) is 75.8 Å². The van der Waals surface area contributed by atoms with E-state index in [0.29, 0.717) is 5.92 Å². The molecule has 0 unspecified atom stereocenters. The average Bonchev–Trinajstić information content (AvgIpc) is 3.84. The predicted octanol–water partition coefficient (Wildman–Crippen LogP) is 10.4. The molecule has 0 atom stereocenters. The van der Waals surface area contributed by atoms with Gasteiger partial charge in [0.15, 0.2) is 0 Å². The lowest BCUT2D eigenvalue weighted by Crippen LogP contribution is -2.04. The summed E-state index contributed by atoms with van der Waals surface area (Å²) >= 11 is 0. The number of hydrogen-bond acceptors (Lipinski definition) is 1. The Morgan fingerprint density at radius 2 is 1.31 bits per heavy atom. The molecule has 39 heavy (non-hydrogen) atoms.